The lowest BCUT2D eigenvalue weighted by atomic mass is 10.0. The maximum absolute atomic E-state index is 2.31. The van der Waals surface area contributed by atoms with E-state index in [0.29, 0.717) is 0 Å². The van der Waals surface area contributed by atoms with Gasteiger partial charge in [0.15, 0.2) is 0 Å². The summed E-state index contributed by atoms with van der Waals surface area (Å²) in [4.78, 5) is 1.54. The van der Waals surface area contributed by atoms with Gasteiger partial charge in [0.05, 0.1) is 0 Å². The molecule has 1 heterocycles. The summed E-state index contributed by atoms with van der Waals surface area (Å²) in [6.45, 7) is 9.08. The molecule has 0 saturated heterocycles. The normalized spacial score (nSPS) is 36.0. The molecule has 1 aliphatic heterocycles. The predicted molar refractivity (Wildman–Crippen MR) is 44.6 cm³/mol. The average Bonchev–Trinajstić information content (AvgIpc) is 1.98. The largest absolute Gasteiger partial charge is 0.127 e. The monoisotopic (exact) mass is 142 g/mol. The van der Waals surface area contributed by atoms with E-state index in [1.165, 1.54) is 4.91 Å². The SMILES string of the molecule is CC1=C(C)C(C)C(C)S1. The van der Waals surface area contributed by atoms with Crippen molar-refractivity contribution >= 4 is 11.8 Å². The van der Waals surface area contributed by atoms with Crippen molar-refractivity contribution in [1.29, 1.82) is 0 Å². The third-order valence-electron chi connectivity index (χ3n) is 2.31. The van der Waals surface area contributed by atoms with Crippen LogP contribution in [-0.4, -0.2) is 5.25 Å². The summed E-state index contributed by atoms with van der Waals surface area (Å²) >= 11 is 2.02. The molecule has 0 amide bonds. The van der Waals surface area contributed by atoms with Crippen molar-refractivity contribution < 1.29 is 0 Å². The van der Waals surface area contributed by atoms with Gasteiger partial charge < -0.3 is 0 Å². The maximum Gasteiger partial charge on any atom is 0.0126 e. The second-order valence-corrected chi connectivity index (χ2v) is 4.44. The van der Waals surface area contributed by atoms with E-state index in [1.807, 2.05) is 11.8 Å². The minimum Gasteiger partial charge on any atom is -0.127 e. The van der Waals surface area contributed by atoms with Gasteiger partial charge in [-0.25, -0.2) is 0 Å². The van der Waals surface area contributed by atoms with E-state index < -0.39 is 0 Å². The van der Waals surface area contributed by atoms with Crippen LogP contribution in [0.15, 0.2) is 10.5 Å². The van der Waals surface area contributed by atoms with E-state index in [4.69, 9.17) is 0 Å². The molecule has 2 unspecified atom stereocenters. The molecular formula is C8H14S. The fourth-order valence-electron chi connectivity index (χ4n) is 1.15. The Kier molecular flexibility index (Phi) is 1.90. The number of thioether (sulfide) groups is 1. The summed E-state index contributed by atoms with van der Waals surface area (Å²) in [6.07, 6.45) is 0. The van der Waals surface area contributed by atoms with Gasteiger partial charge in [-0.15, -0.1) is 11.8 Å². The van der Waals surface area contributed by atoms with Gasteiger partial charge in [0.25, 0.3) is 0 Å². The van der Waals surface area contributed by atoms with Crippen molar-refractivity contribution in [3.8, 4) is 0 Å². The van der Waals surface area contributed by atoms with Gasteiger partial charge in [0.1, 0.15) is 0 Å². The Labute approximate surface area is 61.7 Å². The van der Waals surface area contributed by atoms with E-state index in [9.17, 15) is 0 Å². The molecule has 1 heteroatoms. The molecule has 0 radical (unpaired) electrons. The Hall–Kier alpha value is 0.0900. The van der Waals surface area contributed by atoms with Crippen LogP contribution >= 0.6 is 11.8 Å². The molecule has 0 N–H and O–H groups in total. The van der Waals surface area contributed by atoms with Crippen LogP contribution in [-0.2, 0) is 0 Å². The molecule has 0 aliphatic carbocycles. The molecule has 9 heavy (non-hydrogen) atoms. The molecule has 0 aromatic heterocycles. The number of rotatable bonds is 0. The Bertz CT molecular complexity index is 147. The molecule has 0 saturated carbocycles. The second kappa shape index (κ2) is 2.37. The Morgan fingerprint density at radius 1 is 1.22 bits per heavy atom. The molecule has 0 spiro atoms. The molecule has 52 valence electrons. The summed E-state index contributed by atoms with van der Waals surface area (Å²) in [5, 5.41) is 0.810. The van der Waals surface area contributed by atoms with Gasteiger partial charge in [-0.05, 0) is 24.7 Å². The molecule has 1 aliphatic rings. The van der Waals surface area contributed by atoms with Gasteiger partial charge in [0, 0.05) is 5.25 Å². The van der Waals surface area contributed by atoms with E-state index in [2.05, 4.69) is 27.7 Å². The lowest BCUT2D eigenvalue weighted by Gasteiger charge is -2.08. The Morgan fingerprint density at radius 2 is 1.78 bits per heavy atom. The first-order valence-corrected chi connectivity index (χ1v) is 4.35. The molecule has 0 fully saturated rings. The standard InChI is InChI=1S/C8H14S/c1-5-6(2)8(4)9-7(5)3/h5,7H,1-4H3. The van der Waals surface area contributed by atoms with Crippen molar-refractivity contribution in [2.75, 3.05) is 0 Å². The number of allylic oxidation sites excluding steroid dienone is 2. The first-order chi connectivity index (χ1) is 4.13. The molecule has 0 nitrogen and oxygen atoms in total. The van der Waals surface area contributed by atoms with Crippen molar-refractivity contribution in [2.24, 2.45) is 5.92 Å². The summed E-state index contributed by atoms with van der Waals surface area (Å²) in [6, 6.07) is 0. The average molecular weight is 142 g/mol. The molecule has 2 atom stereocenters. The lowest BCUT2D eigenvalue weighted by molar-refractivity contribution is 0.685. The van der Waals surface area contributed by atoms with E-state index in [1.54, 1.807) is 5.57 Å². The third-order valence-corrected chi connectivity index (χ3v) is 3.76. The molecular weight excluding hydrogens is 128 g/mol. The van der Waals surface area contributed by atoms with Crippen LogP contribution in [0, 0.1) is 5.92 Å². The van der Waals surface area contributed by atoms with Gasteiger partial charge in [-0.3, -0.25) is 0 Å². The van der Waals surface area contributed by atoms with Crippen molar-refractivity contribution in [1.82, 2.24) is 0 Å². The van der Waals surface area contributed by atoms with Crippen LogP contribution in [0.5, 0.6) is 0 Å². The van der Waals surface area contributed by atoms with Crippen LogP contribution in [0.1, 0.15) is 27.7 Å². The van der Waals surface area contributed by atoms with Gasteiger partial charge in [0.2, 0.25) is 0 Å². The summed E-state index contributed by atoms with van der Waals surface area (Å²) in [7, 11) is 0. The van der Waals surface area contributed by atoms with Crippen molar-refractivity contribution in [2.45, 2.75) is 32.9 Å². The van der Waals surface area contributed by atoms with Crippen molar-refractivity contribution in [3.05, 3.63) is 10.5 Å². The van der Waals surface area contributed by atoms with Crippen molar-refractivity contribution in [3.63, 3.8) is 0 Å². The highest BCUT2D eigenvalue weighted by Gasteiger charge is 2.23. The Balaban J connectivity index is 2.74. The predicted octanol–water partition coefficient (Wildman–Crippen LogP) is 3.05. The Morgan fingerprint density at radius 3 is 1.89 bits per heavy atom. The van der Waals surface area contributed by atoms with Crippen LogP contribution in [0.4, 0.5) is 0 Å². The summed E-state index contributed by atoms with van der Waals surface area (Å²) < 4.78 is 0. The van der Waals surface area contributed by atoms with E-state index >= 15 is 0 Å². The minimum absolute atomic E-state index is 0.801. The minimum atomic E-state index is 0.801. The first-order valence-electron chi connectivity index (χ1n) is 3.47. The molecule has 1 rings (SSSR count). The number of hydrogen-bond acceptors (Lipinski definition) is 1. The quantitative estimate of drug-likeness (QED) is 0.501. The number of hydrogen-bond donors (Lipinski definition) is 0. The lowest BCUT2D eigenvalue weighted by Crippen LogP contribution is -2.04. The zero-order chi connectivity index (χ0) is 7.02. The highest BCUT2D eigenvalue weighted by atomic mass is 32.2. The maximum atomic E-state index is 2.31. The third kappa shape index (κ3) is 1.16. The van der Waals surface area contributed by atoms with E-state index in [-0.39, 0.29) is 0 Å². The second-order valence-electron chi connectivity index (χ2n) is 2.85. The fourth-order valence-corrected chi connectivity index (χ4v) is 2.48. The highest BCUT2D eigenvalue weighted by Crippen LogP contribution is 2.40. The van der Waals surface area contributed by atoms with Gasteiger partial charge >= 0.3 is 0 Å². The van der Waals surface area contributed by atoms with E-state index in [0.717, 1.165) is 11.2 Å². The zero-order valence-corrected chi connectivity index (χ0v) is 7.38. The van der Waals surface area contributed by atoms with Gasteiger partial charge in [-0.2, -0.15) is 0 Å². The van der Waals surface area contributed by atoms with Crippen LogP contribution < -0.4 is 0 Å². The van der Waals surface area contributed by atoms with Crippen LogP contribution in [0.2, 0.25) is 0 Å². The topological polar surface area (TPSA) is 0 Å². The van der Waals surface area contributed by atoms with Gasteiger partial charge in [-0.1, -0.05) is 19.4 Å². The zero-order valence-electron chi connectivity index (χ0n) is 6.56. The molecule has 0 aromatic rings. The first kappa shape index (κ1) is 7.20. The fraction of sp³-hybridized carbons (Fsp3) is 0.750. The smallest absolute Gasteiger partial charge is 0.0126 e. The summed E-state index contributed by atoms with van der Waals surface area (Å²) in [5.41, 5.74) is 1.59. The van der Waals surface area contributed by atoms with Crippen LogP contribution in [0.25, 0.3) is 0 Å². The van der Waals surface area contributed by atoms with Crippen LogP contribution in [0.3, 0.4) is 0 Å². The molecule has 0 bridgehead atoms. The summed E-state index contributed by atoms with van der Waals surface area (Å²) in [5.74, 6) is 0.801. The molecule has 0 aromatic carbocycles. The highest BCUT2D eigenvalue weighted by molar-refractivity contribution is 8.03.